The van der Waals surface area contributed by atoms with Crippen LogP contribution in [0.1, 0.15) is 26.4 Å². The fourth-order valence-corrected chi connectivity index (χ4v) is 5.69. The highest BCUT2D eigenvalue weighted by Gasteiger charge is 2.24. The number of benzene rings is 4. The number of nitrogens with zero attached hydrogens (tertiary/aromatic N) is 1. The first kappa shape index (κ1) is 32.5. The molecule has 0 saturated carbocycles. The number of hydrogen-bond acceptors (Lipinski definition) is 9. The van der Waals surface area contributed by atoms with Gasteiger partial charge < -0.3 is 19.3 Å². The number of aromatic nitrogens is 1. The average Bonchev–Trinajstić information content (AvgIpc) is 3.59. The predicted molar refractivity (Wildman–Crippen MR) is 176 cm³/mol. The lowest BCUT2D eigenvalue weighted by Gasteiger charge is -2.08. The van der Waals surface area contributed by atoms with Gasteiger partial charge in [-0.2, -0.15) is 0 Å². The van der Waals surface area contributed by atoms with E-state index in [4.69, 9.17) is 19.3 Å². The standard InChI is InChI=1S/C37H24FNO9S/c38-27-10-14-29(15-11-27)48-28-12-5-24(6-13-28)31-2-1-3-32(39-31)36(41)26(20-23-4-18-33-34(21-23)47-22-46-33)9-19-35(40)49(44,45)30-16-7-25(8-17-30)37(42)43/h1-21H,22H2,(H,42,43). The zero-order chi connectivity index (χ0) is 34.5. The number of carboxylic acid groups (broad SMARTS) is 1. The van der Waals surface area contributed by atoms with E-state index in [1.54, 1.807) is 54.6 Å². The second kappa shape index (κ2) is 13.8. The van der Waals surface area contributed by atoms with Gasteiger partial charge in [-0.05, 0) is 121 Å². The van der Waals surface area contributed by atoms with Crippen molar-refractivity contribution in [2.75, 3.05) is 6.79 Å². The van der Waals surface area contributed by atoms with Crippen molar-refractivity contribution >= 4 is 32.8 Å². The van der Waals surface area contributed by atoms with Crippen molar-refractivity contribution in [3.63, 3.8) is 0 Å². The fraction of sp³-hybridized carbons (Fsp3) is 0.0270. The van der Waals surface area contributed by atoms with Crippen molar-refractivity contribution in [3.8, 4) is 34.3 Å². The zero-order valence-corrected chi connectivity index (χ0v) is 26.1. The first-order valence-electron chi connectivity index (χ1n) is 14.5. The number of carbonyl (C=O) groups is 3. The molecule has 1 aromatic heterocycles. The third-order valence-corrected chi connectivity index (χ3v) is 8.80. The van der Waals surface area contributed by atoms with Crippen LogP contribution in [0.2, 0.25) is 0 Å². The number of hydrogen-bond donors (Lipinski definition) is 1. The summed E-state index contributed by atoms with van der Waals surface area (Å²) < 4.78 is 55.7. The van der Waals surface area contributed by atoms with Crippen LogP contribution in [0.3, 0.4) is 0 Å². The molecule has 12 heteroatoms. The third-order valence-electron chi connectivity index (χ3n) is 7.24. The van der Waals surface area contributed by atoms with Crippen molar-refractivity contribution in [2.24, 2.45) is 0 Å². The molecule has 10 nitrogen and oxygen atoms in total. The van der Waals surface area contributed by atoms with Crippen LogP contribution < -0.4 is 14.2 Å². The summed E-state index contributed by atoms with van der Waals surface area (Å²) in [5, 5.41) is 7.79. The minimum atomic E-state index is -4.55. The highest BCUT2D eigenvalue weighted by Crippen LogP contribution is 2.33. The van der Waals surface area contributed by atoms with Crippen molar-refractivity contribution in [3.05, 3.63) is 150 Å². The number of carboxylic acids is 1. The Balaban J connectivity index is 1.28. The highest BCUT2D eigenvalue weighted by molar-refractivity contribution is 8.06. The zero-order valence-electron chi connectivity index (χ0n) is 25.3. The monoisotopic (exact) mass is 677 g/mol. The van der Waals surface area contributed by atoms with Crippen LogP contribution in [-0.4, -0.2) is 42.2 Å². The van der Waals surface area contributed by atoms with Gasteiger partial charge in [0.15, 0.2) is 11.5 Å². The maximum absolute atomic E-state index is 13.9. The molecule has 0 amide bonds. The number of rotatable bonds is 10. The Morgan fingerprint density at radius 1 is 0.796 bits per heavy atom. The van der Waals surface area contributed by atoms with Crippen LogP contribution in [0.4, 0.5) is 4.39 Å². The largest absolute Gasteiger partial charge is 0.478 e. The van der Waals surface area contributed by atoms with E-state index in [9.17, 15) is 27.2 Å². The molecule has 0 bridgehead atoms. The Morgan fingerprint density at radius 2 is 1.47 bits per heavy atom. The van der Waals surface area contributed by atoms with E-state index in [1.165, 1.54) is 36.4 Å². The maximum atomic E-state index is 13.9. The van der Waals surface area contributed by atoms with E-state index in [-0.39, 0.29) is 29.4 Å². The molecular formula is C37H24FNO9S. The molecule has 1 aliphatic heterocycles. The predicted octanol–water partition coefficient (Wildman–Crippen LogP) is 6.93. The van der Waals surface area contributed by atoms with E-state index in [0.29, 0.717) is 39.8 Å². The Bertz CT molecular complexity index is 2250. The maximum Gasteiger partial charge on any atom is 0.335 e. The minimum absolute atomic E-state index is 0.0142. The molecule has 0 radical (unpaired) electrons. The molecule has 0 spiro atoms. The number of fused-ring (bicyclic) bond motifs is 1. The van der Waals surface area contributed by atoms with E-state index in [1.807, 2.05) is 0 Å². The van der Waals surface area contributed by atoms with Gasteiger partial charge in [0.05, 0.1) is 16.2 Å². The number of allylic oxidation sites excluding steroid dienone is 2. The average molecular weight is 678 g/mol. The molecule has 0 unspecified atom stereocenters. The molecule has 1 aliphatic rings. The molecule has 2 heterocycles. The first-order valence-corrected chi connectivity index (χ1v) is 16.0. The topological polar surface area (TPSA) is 146 Å². The number of ketones is 1. The van der Waals surface area contributed by atoms with E-state index >= 15 is 0 Å². The summed E-state index contributed by atoms with van der Waals surface area (Å²) in [5.41, 5.74) is 1.43. The lowest BCUT2D eigenvalue weighted by Crippen LogP contribution is -2.13. The molecule has 0 fully saturated rings. The van der Waals surface area contributed by atoms with E-state index in [0.717, 1.165) is 36.4 Å². The van der Waals surface area contributed by atoms with Gasteiger partial charge in [-0.1, -0.05) is 12.1 Å². The Hall–Kier alpha value is -6.40. The van der Waals surface area contributed by atoms with Crippen molar-refractivity contribution in [1.82, 2.24) is 4.98 Å². The molecule has 6 rings (SSSR count). The van der Waals surface area contributed by atoms with Crippen LogP contribution in [0.5, 0.6) is 23.0 Å². The smallest absolute Gasteiger partial charge is 0.335 e. The SMILES string of the molecule is O=C(O)c1ccc(S(=O)(=O)C(=O)C=CC(=Cc2ccc3c(c2)OCO3)C(=O)c2cccc(-c3ccc(Oc4ccc(F)cc4)cc3)n2)cc1. The number of aromatic carboxylic acids is 1. The Labute approximate surface area is 279 Å². The van der Waals surface area contributed by atoms with E-state index in [2.05, 4.69) is 4.98 Å². The van der Waals surface area contributed by atoms with Crippen molar-refractivity contribution in [2.45, 2.75) is 4.90 Å². The second-order valence-electron chi connectivity index (χ2n) is 10.5. The van der Waals surface area contributed by atoms with Gasteiger partial charge in [0.25, 0.3) is 5.12 Å². The van der Waals surface area contributed by atoms with Crippen LogP contribution in [0, 0.1) is 5.82 Å². The Kier molecular flexibility index (Phi) is 9.14. The highest BCUT2D eigenvalue weighted by atomic mass is 32.2. The summed E-state index contributed by atoms with van der Waals surface area (Å²) in [6, 6.07) is 26.4. The number of Topliss-reactive ketones (excluding diaryl/α,β-unsaturated/α-hetero) is 1. The van der Waals surface area contributed by atoms with Crippen molar-refractivity contribution < 1.29 is 46.5 Å². The third kappa shape index (κ3) is 7.45. The molecular weight excluding hydrogens is 653 g/mol. The molecule has 5 aromatic rings. The van der Waals surface area contributed by atoms with E-state index < -0.39 is 31.6 Å². The molecule has 0 saturated heterocycles. The molecule has 0 aliphatic carbocycles. The number of ether oxygens (including phenoxy) is 3. The molecule has 244 valence electrons. The van der Waals surface area contributed by atoms with Gasteiger partial charge in [-0.3, -0.25) is 9.59 Å². The molecule has 1 N–H and O–H groups in total. The number of pyridine rings is 1. The molecule has 0 atom stereocenters. The number of halogens is 1. The summed E-state index contributed by atoms with van der Waals surface area (Å²) >= 11 is 0. The van der Waals surface area contributed by atoms with Gasteiger partial charge in [0, 0.05) is 11.1 Å². The normalized spacial score (nSPS) is 12.6. The lowest BCUT2D eigenvalue weighted by atomic mass is 10.0. The number of carbonyl (C=O) groups excluding carboxylic acids is 2. The van der Waals surface area contributed by atoms with Gasteiger partial charge in [0.1, 0.15) is 23.0 Å². The minimum Gasteiger partial charge on any atom is -0.478 e. The first-order chi connectivity index (χ1) is 23.6. The number of sulfone groups is 1. The lowest BCUT2D eigenvalue weighted by molar-refractivity contribution is -0.107. The summed E-state index contributed by atoms with van der Waals surface area (Å²) in [6.45, 7) is 0.0318. The summed E-state index contributed by atoms with van der Waals surface area (Å²) in [4.78, 5) is 42.1. The Morgan fingerprint density at radius 3 is 2.16 bits per heavy atom. The van der Waals surface area contributed by atoms with Crippen LogP contribution in [0.25, 0.3) is 17.3 Å². The fourth-order valence-electron chi connectivity index (χ4n) is 4.71. The van der Waals surface area contributed by atoms with Gasteiger partial charge in [-0.25, -0.2) is 22.6 Å². The summed E-state index contributed by atoms with van der Waals surface area (Å²) in [7, 11) is -4.55. The van der Waals surface area contributed by atoms with Gasteiger partial charge in [-0.15, -0.1) is 0 Å². The van der Waals surface area contributed by atoms with Gasteiger partial charge >= 0.3 is 5.97 Å². The van der Waals surface area contributed by atoms with Crippen LogP contribution in [0.15, 0.2) is 132 Å². The van der Waals surface area contributed by atoms with Crippen LogP contribution in [-0.2, 0) is 14.6 Å². The molecule has 4 aromatic carbocycles. The van der Waals surface area contributed by atoms with Gasteiger partial charge in [0.2, 0.25) is 22.4 Å². The second-order valence-corrected chi connectivity index (χ2v) is 12.4. The quantitative estimate of drug-likeness (QED) is 0.0938. The van der Waals surface area contributed by atoms with Crippen LogP contribution >= 0.6 is 0 Å². The van der Waals surface area contributed by atoms with Crippen molar-refractivity contribution in [1.29, 1.82) is 0 Å². The summed E-state index contributed by atoms with van der Waals surface area (Å²) in [5.74, 6) is -0.329. The molecule has 49 heavy (non-hydrogen) atoms. The summed E-state index contributed by atoms with van der Waals surface area (Å²) in [6.07, 6.45) is 3.31.